The number of hydrogen-bond donors (Lipinski definition) is 2. The van der Waals surface area contributed by atoms with E-state index in [0.717, 1.165) is 32.1 Å². The van der Waals surface area contributed by atoms with E-state index in [1.807, 2.05) is 5.48 Å². The lowest BCUT2D eigenvalue weighted by Crippen LogP contribution is -2.55. The molecule has 0 bridgehead atoms. The Bertz CT molecular complexity index is 554. The van der Waals surface area contributed by atoms with E-state index in [1.54, 1.807) is 5.57 Å². The molecule has 128 valence electrons. The van der Waals surface area contributed by atoms with Crippen LogP contribution in [0.5, 0.6) is 0 Å². The van der Waals surface area contributed by atoms with Crippen LogP contribution in [0.1, 0.15) is 65.7 Å². The number of allylic oxidation sites excluding steroid dienone is 3. The van der Waals surface area contributed by atoms with Gasteiger partial charge in [-0.2, -0.15) is 0 Å². The van der Waals surface area contributed by atoms with Crippen molar-refractivity contribution in [3.05, 3.63) is 24.3 Å². The third-order valence-corrected chi connectivity index (χ3v) is 7.45. The molecule has 2 fully saturated rings. The molecule has 5 atom stereocenters. The summed E-state index contributed by atoms with van der Waals surface area (Å²) in [5, 5.41) is 9.23. The zero-order valence-electron chi connectivity index (χ0n) is 14.8. The van der Waals surface area contributed by atoms with Gasteiger partial charge in [-0.05, 0) is 61.2 Å². The summed E-state index contributed by atoms with van der Waals surface area (Å²) in [6.07, 6.45) is 12.2. The van der Waals surface area contributed by atoms with Crippen LogP contribution in [0.2, 0.25) is 0 Å². The van der Waals surface area contributed by atoms with Crippen LogP contribution in [0.4, 0.5) is 0 Å². The fourth-order valence-electron chi connectivity index (χ4n) is 6.01. The summed E-state index contributed by atoms with van der Waals surface area (Å²) in [5.74, 6) is 0.762. The summed E-state index contributed by atoms with van der Waals surface area (Å²) in [4.78, 5) is 12.4. The predicted molar refractivity (Wildman–Crippen MR) is 91.8 cm³/mol. The molecule has 0 radical (unpaired) electrons. The Kier molecular flexibility index (Phi) is 3.99. The minimum absolute atomic E-state index is 0.102. The lowest BCUT2D eigenvalue weighted by molar-refractivity contribution is -0.151. The summed E-state index contributed by atoms with van der Waals surface area (Å²) in [5.41, 5.74) is 3.41. The van der Waals surface area contributed by atoms with E-state index in [2.05, 4.69) is 39.5 Å². The van der Waals surface area contributed by atoms with Crippen LogP contribution in [0.3, 0.4) is 0 Å². The largest absolute Gasteiger partial charge is 0.289 e. The van der Waals surface area contributed by atoms with E-state index >= 15 is 0 Å². The maximum atomic E-state index is 12.4. The normalized spacial score (nSPS) is 46.2. The van der Waals surface area contributed by atoms with Crippen molar-refractivity contribution >= 4 is 5.91 Å². The standard InChI is InChI=1S/C20H31NO2/c1-5-18(2)12-9-15-14(13-18)7-8-16-19(15,3)10-6-11-20(16,4)17(22)21-23/h5,9,14,16,23H,1,6-8,10-13H2,2-4H3,(H,21,22)/t14?,16?,18-,19-,20+/m0/s1. The van der Waals surface area contributed by atoms with Crippen LogP contribution in [0.15, 0.2) is 24.3 Å². The maximum absolute atomic E-state index is 12.4. The van der Waals surface area contributed by atoms with E-state index in [0.29, 0.717) is 11.8 Å². The molecule has 23 heavy (non-hydrogen) atoms. The molecule has 0 heterocycles. The topological polar surface area (TPSA) is 49.3 Å². The number of hydrogen-bond acceptors (Lipinski definition) is 2. The van der Waals surface area contributed by atoms with Gasteiger partial charge in [0, 0.05) is 0 Å². The van der Waals surface area contributed by atoms with Crippen molar-refractivity contribution in [1.82, 2.24) is 5.48 Å². The molecule has 0 aromatic carbocycles. The van der Waals surface area contributed by atoms with Crippen molar-refractivity contribution in [3.63, 3.8) is 0 Å². The van der Waals surface area contributed by atoms with Crippen LogP contribution < -0.4 is 5.48 Å². The minimum atomic E-state index is -0.452. The maximum Gasteiger partial charge on any atom is 0.249 e. The van der Waals surface area contributed by atoms with E-state index in [9.17, 15) is 10.0 Å². The first-order valence-corrected chi connectivity index (χ1v) is 9.08. The Morgan fingerprint density at radius 3 is 2.74 bits per heavy atom. The smallest absolute Gasteiger partial charge is 0.249 e. The molecule has 3 aliphatic rings. The third-order valence-electron chi connectivity index (χ3n) is 7.45. The average molecular weight is 317 g/mol. The molecule has 2 N–H and O–H groups in total. The summed E-state index contributed by atoms with van der Waals surface area (Å²) >= 11 is 0. The summed E-state index contributed by atoms with van der Waals surface area (Å²) in [7, 11) is 0. The van der Waals surface area contributed by atoms with Crippen LogP contribution in [-0.4, -0.2) is 11.1 Å². The van der Waals surface area contributed by atoms with E-state index in [1.165, 1.54) is 12.8 Å². The van der Waals surface area contributed by atoms with Gasteiger partial charge < -0.3 is 0 Å². The van der Waals surface area contributed by atoms with Crippen LogP contribution in [-0.2, 0) is 4.79 Å². The lowest BCUT2D eigenvalue weighted by atomic mass is 9.46. The van der Waals surface area contributed by atoms with Gasteiger partial charge >= 0.3 is 0 Å². The molecule has 0 saturated heterocycles. The zero-order valence-corrected chi connectivity index (χ0v) is 14.8. The van der Waals surface area contributed by atoms with Crippen molar-refractivity contribution in [2.24, 2.45) is 28.1 Å². The van der Waals surface area contributed by atoms with Gasteiger partial charge in [-0.3, -0.25) is 10.0 Å². The first-order valence-electron chi connectivity index (χ1n) is 9.08. The highest BCUT2D eigenvalue weighted by Gasteiger charge is 2.57. The van der Waals surface area contributed by atoms with Crippen molar-refractivity contribution < 1.29 is 10.0 Å². The number of fused-ring (bicyclic) bond motifs is 3. The molecule has 0 aliphatic heterocycles. The number of carbonyl (C=O) groups excluding carboxylic acids is 1. The molecule has 3 rings (SSSR count). The van der Waals surface area contributed by atoms with Gasteiger partial charge in [0.05, 0.1) is 5.41 Å². The van der Waals surface area contributed by atoms with Crippen LogP contribution in [0.25, 0.3) is 0 Å². The highest BCUT2D eigenvalue weighted by molar-refractivity contribution is 5.82. The molecule has 0 aromatic rings. The Morgan fingerprint density at radius 1 is 1.35 bits per heavy atom. The van der Waals surface area contributed by atoms with Crippen molar-refractivity contribution in [1.29, 1.82) is 0 Å². The second-order valence-corrected chi connectivity index (χ2v) is 8.88. The second kappa shape index (κ2) is 5.47. The van der Waals surface area contributed by atoms with Gasteiger partial charge in [-0.1, -0.05) is 44.9 Å². The van der Waals surface area contributed by atoms with Crippen molar-refractivity contribution in [3.8, 4) is 0 Å². The monoisotopic (exact) mass is 317 g/mol. The molecule has 2 unspecified atom stereocenters. The van der Waals surface area contributed by atoms with Gasteiger partial charge in [0.1, 0.15) is 0 Å². The van der Waals surface area contributed by atoms with Gasteiger partial charge in [0.15, 0.2) is 0 Å². The molecule has 1 amide bonds. The van der Waals surface area contributed by atoms with Gasteiger partial charge in [0.2, 0.25) is 5.91 Å². The Morgan fingerprint density at radius 2 is 2.09 bits per heavy atom. The Labute approximate surface area is 140 Å². The highest BCUT2D eigenvalue weighted by atomic mass is 16.5. The number of nitrogens with one attached hydrogen (secondary N) is 1. The molecular formula is C20H31NO2. The molecule has 3 nitrogen and oxygen atoms in total. The predicted octanol–water partition coefficient (Wildman–Crippen LogP) is 4.63. The number of amides is 1. The molecule has 3 heteroatoms. The minimum Gasteiger partial charge on any atom is -0.289 e. The van der Waals surface area contributed by atoms with Gasteiger partial charge in [-0.15, -0.1) is 6.58 Å². The van der Waals surface area contributed by atoms with Crippen LogP contribution >= 0.6 is 0 Å². The molecule has 0 spiro atoms. The molecule has 0 aromatic heterocycles. The molecule has 3 aliphatic carbocycles. The first kappa shape index (κ1) is 16.8. The Balaban J connectivity index is 1.98. The fourth-order valence-corrected chi connectivity index (χ4v) is 6.01. The summed E-state index contributed by atoms with van der Waals surface area (Å²) in [6.45, 7) is 10.8. The third kappa shape index (κ3) is 2.39. The highest BCUT2D eigenvalue weighted by Crippen LogP contribution is 2.63. The van der Waals surface area contributed by atoms with Crippen LogP contribution in [0, 0.1) is 28.1 Å². The number of rotatable bonds is 2. The van der Waals surface area contributed by atoms with E-state index in [4.69, 9.17) is 0 Å². The van der Waals surface area contributed by atoms with Gasteiger partial charge in [0.25, 0.3) is 0 Å². The number of carbonyl (C=O) groups is 1. The lowest BCUT2D eigenvalue weighted by Gasteiger charge is -2.58. The zero-order chi connectivity index (χ0) is 16.9. The fraction of sp³-hybridized carbons (Fsp3) is 0.750. The molecule has 2 saturated carbocycles. The molecular weight excluding hydrogens is 286 g/mol. The van der Waals surface area contributed by atoms with Crippen molar-refractivity contribution in [2.75, 3.05) is 0 Å². The van der Waals surface area contributed by atoms with Gasteiger partial charge in [-0.25, -0.2) is 5.48 Å². The Hall–Kier alpha value is -1.09. The van der Waals surface area contributed by atoms with E-state index in [-0.39, 0.29) is 16.7 Å². The quantitative estimate of drug-likeness (QED) is 0.443. The van der Waals surface area contributed by atoms with E-state index < -0.39 is 5.41 Å². The first-order chi connectivity index (χ1) is 10.8. The summed E-state index contributed by atoms with van der Waals surface area (Å²) < 4.78 is 0. The van der Waals surface area contributed by atoms with Crippen molar-refractivity contribution in [2.45, 2.75) is 65.7 Å². The second-order valence-electron chi connectivity index (χ2n) is 8.88. The SMILES string of the molecule is C=C[C@@]1(C)CC=C2C(CCC3[C@](C)(C(=O)NO)CCC[C@@]23C)C1. The average Bonchev–Trinajstić information content (AvgIpc) is 2.53. The number of hydroxylamine groups is 1. The summed E-state index contributed by atoms with van der Waals surface area (Å²) in [6, 6.07) is 0.